The van der Waals surface area contributed by atoms with Crippen LogP contribution in [0, 0.1) is 19.9 Å². The predicted octanol–water partition coefficient (Wildman–Crippen LogP) is 4.42. The van der Waals surface area contributed by atoms with Crippen LogP contribution in [0.25, 0.3) is 0 Å². The van der Waals surface area contributed by atoms with Crippen molar-refractivity contribution in [3.8, 4) is 11.5 Å². The molecule has 0 aliphatic carbocycles. The van der Waals surface area contributed by atoms with Crippen molar-refractivity contribution < 1.29 is 9.53 Å². The second-order valence-corrected chi connectivity index (χ2v) is 5.09. The average Bonchev–Trinajstić information content (AvgIpc) is 2.42. The zero-order valence-electron chi connectivity index (χ0n) is 12.2. The molecule has 20 heavy (non-hydrogen) atoms. The zero-order valence-corrected chi connectivity index (χ0v) is 12.2. The maximum absolute atomic E-state index is 11.1. The highest BCUT2D eigenvalue weighted by atomic mass is 16.5. The first-order valence-corrected chi connectivity index (χ1v) is 6.80. The minimum absolute atomic E-state index is 0.222. The lowest BCUT2D eigenvalue weighted by Gasteiger charge is -2.13. The van der Waals surface area contributed by atoms with Gasteiger partial charge in [0.15, 0.2) is 0 Å². The van der Waals surface area contributed by atoms with Gasteiger partial charge in [0, 0.05) is 12.5 Å². The summed E-state index contributed by atoms with van der Waals surface area (Å²) < 4.78 is 5.90. The lowest BCUT2D eigenvalue weighted by atomic mass is 10.0. The number of Topliss-reactive ketones (excluding diaryl/α,β-unsaturated/α-hetero) is 1. The fraction of sp³-hybridized carbons (Fsp3) is 0.278. The Kier molecular flexibility index (Phi) is 4.57. The molecular formula is C18H19O2. The predicted molar refractivity (Wildman–Crippen MR) is 80.3 cm³/mol. The first kappa shape index (κ1) is 14.3. The Bertz CT molecular complexity index is 577. The molecule has 0 aliphatic rings. The highest BCUT2D eigenvalue weighted by Gasteiger charge is 2.08. The van der Waals surface area contributed by atoms with Gasteiger partial charge in [-0.1, -0.05) is 30.3 Å². The molecule has 0 N–H and O–H groups in total. The molecule has 0 aromatic heterocycles. The van der Waals surface area contributed by atoms with Gasteiger partial charge in [-0.2, -0.15) is 0 Å². The van der Waals surface area contributed by atoms with E-state index in [1.807, 2.05) is 38.1 Å². The lowest BCUT2D eigenvalue weighted by Crippen LogP contribution is -1.97. The first-order valence-electron chi connectivity index (χ1n) is 6.80. The van der Waals surface area contributed by atoms with Gasteiger partial charge >= 0.3 is 0 Å². The molecule has 103 valence electrons. The molecule has 0 amide bonds. The van der Waals surface area contributed by atoms with E-state index in [9.17, 15) is 4.79 Å². The summed E-state index contributed by atoms with van der Waals surface area (Å²) in [6.07, 6.45) is 1.38. The van der Waals surface area contributed by atoms with Crippen molar-refractivity contribution in [1.82, 2.24) is 0 Å². The largest absolute Gasteiger partial charge is 0.456 e. The topological polar surface area (TPSA) is 26.3 Å². The molecular weight excluding hydrogens is 248 g/mol. The van der Waals surface area contributed by atoms with Crippen LogP contribution in [0.4, 0.5) is 0 Å². The average molecular weight is 267 g/mol. The summed E-state index contributed by atoms with van der Waals surface area (Å²) in [5, 5.41) is 0. The maximum atomic E-state index is 11.1. The van der Waals surface area contributed by atoms with E-state index in [1.54, 1.807) is 6.92 Å². The van der Waals surface area contributed by atoms with Gasteiger partial charge in [-0.15, -0.1) is 0 Å². The van der Waals surface area contributed by atoms with E-state index in [1.165, 1.54) is 5.56 Å². The number of ether oxygens (including phenoxy) is 1. The fourth-order valence-electron chi connectivity index (χ4n) is 2.22. The van der Waals surface area contributed by atoms with Crippen molar-refractivity contribution in [2.45, 2.75) is 33.6 Å². The zero-order chi connectivity index (χ0) is 14.5. The number of hydrogen-bond acceptors (Lipinski definition) is 2. The Hall–Kier alpha value is -2.09. The molecule has 0 saturated heterocycles. The van der Waals surface area contributed by atoms with Gasteiger partial charge in [-0.25, -0.2) is 0 Å². The second-order valence-electron chi connectivity index (χ2n) is 5.09. The van der Waals surface area contributed by atoms with E-state index in [-0.39, 0.29) is 5.78 Å². The van der Waals surface area contributed by atoms with Crippen LogP contribution in [0.2, 0.25) is 0 Å². The normalized spacial score (nSPS) is 10.3. The molecule has 2 rings (SSSR count). The summed E-state index contributed by atoms with van der Waals surface area (Å²) >= 11 is 0. The van der Waals surface area contributed by atoms with Crippen molar-refractivity contribution in [2.75, 3.05) is 0 Å². The van der Waals surface area contributed by atoms with Crippen molar-refractivity contribution in [1.29, 1.82) is 0 Å². The lowest BCUT2D eigenvalue weighted by molar-refractivity contribution is -0.116. The van der Waals surface area contributed by atoms with Crippen molar-refractivity contribution in [3.63, 3.8) is 0 Å². The highest BCUT2D eigenvalue weighted by Crippen LogP contribution is 2.29. The van der Waals surface area contributed by atoms with Gasteiger partial charge in [-0.05, 0) is 49.9 Å². The van der Waals surface area contributed by atoms with E-state index in [4.69, 9.17) is 4.74 Å². The molecule has 0 spiro atoms. The van der Waals surface area contributed by atoms with Gasteiger partial charge in [0.05, 0.1) is 0 Å². The SMILES string of the molecule is CC(=O)CCc1cc(C)c(Oc2[c]cccc2)c(C)c1. The van der Waals surface area contributed by atoms with Crippen LogP contribution >= 0.6 is 0 Å². The highest BCUT2D eigenvalue weighted by molar-refractivity contribution is 5.75. The molecule has 0 saturated carbocycles. The smallest absolute Gasteiger partial charge is 0.135 e. The van der Waals surface area contributed by atoms with Crippen LogP contribution in [0.3, 0.4) is 0 Å². The molecule has 2 nitrogen and oxygen atoms in total. The van der Waals surface area contributed by atoms with Gasteiger partial charge < -0.3 is 9.53 Å². The summed E-state index contributed by atoms with van der Waals surface area (Å²) in [6.45, 7) is 5.69. The second kappa shape index (κ2) is 6.38. The quantitative estimate of drug-likeness (QED) is 0.801. The molecule has 0 heterocycles. The monoisotopic (exact) mass is 267 g/mol. The Balaban J connectivity index is 2.20. The summed E-state index contributed by atoms with van der Waals surface area (Å²) in [4.78, 5) is 11.1. The Morgan fingerprint density at radius 2 is 1.90 bits per heavy atom. The van der Waals surface area contributed by atoms with E-state index in [0.717, 1.165) is 29.0 Å². The Morgan fingerprint density at radius 3 is 2.45 bits per heavy atom. The Morgan fingerprint density at radius 1 is 1.20 bits per heavy atom. The molecule has 0 aliphatic heterocycles. The van der Waals surface area contributed by atoms with Crippen molar-refractivity contribution >= 4 is 5.78 Å². The fourth-order valence-corrected chi connectivity index (χ4v) is 2.22. The van der Waals surface area contributed by atoms with E-state index in [2.05, 4.69) is 18.2 Å². The third-order valence-corrected chi connectivity index (χ3v) is 3.18. The summed E-state index contributed by atoms with van der Waals surface area (Å²) in [5.41, 5.74) is 3.35. The molecule has 0 unspecified atom stereocenters. The molecule has 2 aromatic carbocycles. The maximum Gasteiger partial charge on any atom is 0.135 e. The van der Waals surface area contributed by atoms with Crippen LogP contribution in [0.1, 0.15) is 30.0 Å². The van der Waals surface area contributed by atoms with Crippen LogP contribution in [0.5, 0.6) is 11.5 Å². The van der Waals surface area contributed by atoms with Crippen molar-refractivity contribution in [2.24, 2.45) is 0 Å². The standard InChI is InChI=1S/C18H19O2/c1-13-11-16(10-9-15(3)19)12-14(2)18(13)20-17-7-5-4-6-8-17/h4-7,11-12H,9-10H2,1-3H3. The van der Waals surface area contributed by atoms with Crippen LogP contribution in [0.15, 0.2) is 36.4 Å². The third-order valence-electron chi connectivity index (χ3n) is 3.18. The molecule has 2 aromatic rings. The van der Waals surface area contributed by atoms with Crippen LogP contribution in [-0.2, 0) is 11.2 Å². The van der Waals surface area contributed by atoms with E-state index < -0.39 is 0 Å². The van der Waals surface area contributed by atoms with E-state index in [0.29, 0.717) is 6.42 Å². The molecule has 2 heteroatoms. The number of carbonyl (C=O) groups excluding carboxylic acids is 1. The molecule has 0 fully saturated rings. The van der Waals surface area contributed by atoms with E-state index >= 15 is 0 Å². The van der Waals surface area contributed by atoms with Gasteiger partial charge in [0.25, 0.3) is 0 Å². The third kappa shape index (κ3) is 3.70. The van der Waals surface area contributed by atoms with Crippen LogP contribution < -0.4 is 4.74 Å². The first-order chi connectivity index (χ1) is 9.56. The number of aryl methyl sites for hydroxylation is 3. The number of hydrogen-bond donors (Lipinski definition) is 0. The number of benzene rings is 2. The van der Waals surface area contributed by atoms with Gasteiger partial charge in [0.2, 0.25) is 0 Å². The molecule has 1 radical (unpaired) electrons. The number of para-hydroxylation sites is 1. The number of ketones is 1. The minimum atomic E-state index is 0.222. The van der Waals surface area contributed by atoms with Gasteiger partial charge in [0.1, 0.15) is 17.3 Å². The number of carbonyl (C=O) groups is 1. The summed E-state index contributed by atoms with van der Waals surface area (Å²) in [5.74, 6) is 1.81. The Labute approximate surface area is 120 Å². The minimum Gasteiger partial charge on any atom is -0.456 e. The molecule has 0 atom stereocenters. The summed E-state index contributed by atoms with van der Waals surface area (Å²) in [6, 6.07) is 14.8. The van der Waals surface area contributed by atoms with Crippen molar-refractivity contribution in [3.05, 3.63) is 59.2 Å². The number of rotatable bonds is 5. The van der Waals surface area contributed by atoms with Gasteiger partial charge in [-0.3, -0.25) is 0 Å². The van der Waals surface area contributed by atoms with Crippen LogP contribution in [-0.4, -0.2) is 5.78 Å². The molecule has 0 bridgehead atoms. The summed E-state index contributed by atoms with van der Waals surface area (Å²) in [7, 11) is 0.